The molecule has 4 aliphatic rings. The number of aryl methyl sites for hydroxylation is 1. The van der Waals surface area contributed by atoms with E-state index in [-0.39, 0.29) is 47.6 Å². The first-order chi connectivity index (χ1) is 27.9. The number of ketones is 1. The van der Waals surface area contributed by atoms with Crippen LogP contribution in [0.2, 0.25) is 0 Å². The molecule has 0 aromatic heterocycles. The highest BCUT2D eigenvalue weighted by atomic mass is 16.5. The Kier molecular flexibility index (Phi) is 12.6. The number of rotatable bonds is 14. The van der Waals surface area contributed by atoms with Crippen molar-refractivity contribution in [3.8, 4) is 29.1 Å². The van der Waals surface area contributed by atoms with Gasteiger partial charge in [0.05, 0.1) is 31.0 Å². The number of allylic oxidation sites excluding steroid dienone is 5. The summed E-state index contributed by atoms with van der Waals surface area (Å²) in [5, 5.41) is 46.0. The summed E-state index contributed by atoms with van der Waals surface area (Å²) >= 11 is 0. The fraction of sp³-hybridized carbons (Fsp3) is 0.429. The number of hydrogen-bond donors (Lipinski definition) is 5. The van der Waals surface area contributed by atoms with Crippen LogP contribution in [-0.2, 0) is 17.6 Å². The van der Waals surface area contributed by atoms with Gasteiger partial charge in [0.2, 0.25) is 0 Å². The molecule has 7 N–H and O–H groups in total. The number of carbonyl (C=O) groups is 1. The predicted octanol–water partition coefficient (Wildman–Crippen LogP) is 7.44. The summed E-state index contributed by atoms with van der Waals surface area (Å²) in [7, 11) is 0. The first-order valence-corrected chi connectivity index (χ1v) is 20.8. The van der Waals surface area contributed by atoms with Crippen LogP contribution in [0.1, 0.15) is 129 Å². The number of benzene rings is 3. The lowest BCUT2D eigenvalue weighted by molar-refractivity contribution is -0.307. The summed E-state index contributed by atoms with van der Waals surface area (Å²) in [5.74, 6) is 6.26. The van der Waals surface area contributed by atoms with Gasteiger partial charge in [0.25, 0.3) is 0 Å². The molecule has 3 unspecified atom stereocenters. The molecule has 0 spiro atoms. The zero-order valence-electron chi connectivity index (χ0n) is 33.5. The van der Waals surface area contributed by atoms with Crippen molar-refractivity contribution in [2.45, 2.75) is 115 Å². The molecule has 3 aromatic carbocycles. The van der Waals surface area contributed by atoms with Crippen LogP contribution in [0.4, 0.5) is 0 Å². The normalized spacial score (nSPS) is 22.5. The second-order valence-electron chi connectivity index (χ2n) is 17.2. The number of aliphatic hydroxyl groups is 1. The molecule has 2 fully saturated rings. The minimum absolute atomic E-state index is 0.00901. The number of aliphatic imine (C=N–C) groups is 1. The molecule has 0 bridgehead atoms. The lowest BCUT2D eigenvalue weighted by Gasteiger charge is -2.31. The van der Waals surface area contributed by atoms with E-state index in [9.17, 15) is 25.2 Å². The Labute approximate surface area is 342 Å². The highest BCUT2D eigenvalue weighted by Crippen LogP contribution is 2.49. The van der Waals surface area contributed by atoms with Crippen LogP contribution >= 0.6 is 0 Å². The summed E-state index contributed by atoms with van der Waals surface area (Å²) in [6.45, 7) is 2.63. The minimum Gasteiger partial charge on any atom is -0.875 e. The number of fused-ring (bicyclic) bond motifs is 2. The lowest BCUT2D eigenvalue weighted by Crippen LogP contribution is -2.21. The summed E-state index contributed by atoms with van der Waals surface area (Å²) in [4.78, 5) is 17.5. The van der Waals surface area contributed by atoms with E-state index in [1.807, 2.05) is 36.4 Å². The average Bonchev–Trinajstić information content (AvgIpc) is 3.97. The monoisotopic (exact) mass is 782 g/mol. The van der Waals surface area contributed by atoms with Crippen LogP contribution in [0.5, 0.6) is 17.2 Å². The Morgan fingerprint density at radius 3 is 2.53 bits per heavy atom. The van der Waals surface area contributed by atoms with Crippen LogP contribution < -0.4 is 21.3 Å². The average molecular weight is 783 g/mol. The van der Waals surface area contributed by atoms with Crippen molar-refractivity contribution in [3.63, 3.8) is 0 Å². The zero-order valence-corrected chi connectivity index (χ0v) is 33.5. The SMILES string of the molecule is CC1(CCC2(C=CC(=O)CCc3ccc(O)c(OCCc4ccc(O)c(C5CC([O-])=C6C=CN=C6CC#Cc6cc(C(N)N)ccc65)c4)c3)CCC(O)C2)CCCC1. The fourth-order valence-electron chi connectivity index (χ4n) is 9.25. The molecule has 7 rings (SSSR count). The minimum atomic E-state index is -0.697. The third-order valence-corrected chi connectivity index (χ3v) is 12.9. The molecule has 9 nitrogen and oxygen atoms in total. The molecule has 0 saturated heterocycles. The number of hydrogen-bond acceptors (Lipinski definition) is 9. The second kappa shape index (κ2) is 17.8. The standard InChI is InChI=1S/C49H57N3O6/c1-48(19-2-3-20-48)23-24-49(22-16-37(54)31-49)21-15-36(53)11-7-32-9-14-44(56)46(28-32)58-26-18-33-8-13-43(55)41(27-33)40-30-45(57)39-17-25-52-42(39)6-4-5-34-29-35(47(50)51)10-12-38(34)40/h8-10,12-15,17,21,25,27-29,37,40,47,54-57H,2-3,6-7,11,16,18-20,22-24,26,30-31,50-51H2,1H3/p-1. The lowest BCUT2D eigenvalue weighted by atomic mass is 9.74. The van der Waals surface area contributed by atoms with Crippen molar-refractivity contribution in [3.05, 3.63) is 124 Å². The zero-order chi connectivity index (χ0) is 40.9. The van der Waals surface area contributed by atoms with Crippen molar-refractivity contribution in [1.82, 2.24) is 0 Å². The topological polar surface area (TPSA) is 174 Å². The summed E-state index contributed by atoms with van der Waals surface area (Å²) in [6, 6.07) is 16.1. The molecule has 3 atom stereocenters. The third kappa shape index (κ3) is 9.75. The van der Waals surface area contributed by atoms with Crippen molar-refractivity contribution < 1.29 is 30.0 Å². The molecule has 58 heavy (non-hydrogen) atoms. The van der Waals surface area contributed by atoms with Gasteiger partial charge < -0.3 is 36.6 Å². The molecule has 3 aliphatic carbocycles. The molecule has 2 saturated carbocycles. The number of nitrogens with zero attached hydrogens (tertiary/aromatic N) is 1. The van der Waals surface area contributed by atoms with Crippen LogP contribution in [0.25, 0.3) is 0 Å². The van der Waals surface area contributed by atoms with Crippen LogP contribution in [0.3, 0.4) is 0 Å². The highest BCUT2D eigenvalue weighted by molar-refractivity contribution is 6.06. The van der Waals surface area contributed by atoms with E-state index in [0.717, 1.165) is 48.8 Å². The van der Waals surface area contributed by atoms with Crippen molar-refractivity contribution >= 4 is 11.5 Å². The van der Waals surface area contributed by atoms with Gasteiger partial charge in [0.15, 0.2) is 17.3 Å². The number of aliphatic hydroxyl groups excluding tert-OH is 1. The Morgan fingerprint density at radius 1 is 1.00 bits per heavy atom. The van der Waals surface area contributed by atoms with Gasteiger partial charge in [-0.3, -0.25) is 9.79 Å². The molecular weight excluding hydrogens is 727 g/mol. The highest BCUT2D eigenvalue weighted by Gasteiger charge is 2.39. The van der Waals surface area contributed by atoms with E-state index in [4.69, 9.17) is 16.2 Å². The number of nitrogens with two attached hydrogens (primary N) is 2. The summed E-state index contributed by atoms with van der Waals surface area (Å²) < 4.78 is 6.09. The molecular formula is C49H56N3O6-. The smallest absolute Gasteiger partial charge is 0.161 e. The fourth-order valence-corrected chi connectivity index (χ4v) is 9.25. The first-order valence-electron chi connectivity index (χ1n) is 20.8. The predicted molar refractivity (Wildman–Crippen MR) is 225 cm³/mol. The number of aromatic hydroxyl groups is 2. The van der Waals surface area contributed by atoms with Crippen molar-refractivity contribution in [2.75, 3.05) is 6.61 Å². The maximum absolute atomic E-state index is 13.7. The van der Waals surface area contributed by atoms with Gasteiger partial charge in [0.1, 0.15) is 5.75 Å². The molecule has 3 aromatic rings. The van der Waals surface area contributed by atoms with Gasteiger partial charge in [-0.2, -0.15) is 0 Å². The second-order valence-corrected chi connectivity index (χ2v) is 17.2. The summed E-state index contributed by atoms with van der Waals surface area (Å²) in [6.07, 6.45) is 17.6. The number of carbonyl (C=O) groups excluding carboxylic acids is 1. The van der Waals surface area contributed by atoms with Crippen molar-refractivity contribution in [1.29, 1.82) is 0 Å². The third-order valence-electron chi connectivity index (χ3n) is 12.9. The first kappa shape index (κ1) is 41.0. The summed E-state index contributed by atoms with van der Waals surface area (Å²) in [5.41, 5.74) is 18.0. The molecule has 9 heteroatoms. The number of phenolic OH excluding ortho intramolecular Hbond substituents is 2. The molecule has 1 heterocycles. The van der Waals surface area contributed by atoms with E-state index < -0.39 is 12.1 Å². The van der Waals surface area contributed by atoms with Crippen LogP contribution in [-0.4, -0.2) is 39.5 Å². The maximum Gasteiger partial charge on any atom is 0.161 e. The van der Waals surface area contributed by atoms with Crippen molar-refractivity contribution in [2.24, 2.45) is 27.3 Å². The number of phenols is 2. The Morgan fingerprint density at radius 2 is 1.78 bits per heavy atom. The maximum atomic E-state index is 13.7. The Bertz CT molecular complexity index is 2200. The van der Waals surface area contributed by atoms with Crippen LogP contribution in [0.15, 0.2) is 95.3 Å². The van der Waals surface area contributed by atoms with E-state index >= 15 is 0 Å². The van der Waals surface area contributed by atoms with Gasteiger partial charge in [0, 0.05) is 36.1 Å². The quantitative estimate of drug-likeness (QED) is 0.0637. The van der Waals surface area contributed by atoms with Crippen LogP contribution in [0, 0.1) is 22.7 Å². The Balaban J connectivity index is 1.01. The number of ether oxygens (including phenoxy) is 1. The van der Waals surface area contributed by atoms with E-state index in [2.05, 4.69) is 29.8 Å². The van der Waals surface area contributed by atoms with Gasteiger partial charge >= 0.3 is 0 Å². The van der Waals surface area contributed by atoms with E-state index in [0.29, 0.717) is 64.8 Å². The largest absolute Gasteiger partial charge is 0.875 e. The molecule has 1 aliphatic heterocycles. The van der Waals surface area contributed by atoms with Gasteiger partial charge in [-0.1, -0.05) is 68.0 Å². The van der Waals surface area contributed by atoms with Gasteiger partial charge in [-0.05, 0) is 133 Å². The molecule has 0 amide bonds. The molecule has 304 valence electrons. The van der Waals surface area contributed by atoms with Gasteiger partial charge in [-0.25, -0.2) is 0 Å². The Hall–Kier alpha value is -5.14. The van der Waals surface area contributed by atoms with E-state index in [1.54, 1.807) is 36.6 Å². The van der Waals surface area contributed by atoms with E-state index in [1.165, 1.54) is 25.7 Å². The van der Waals surface area contributed by atoms with Gasteiger partial charge in [-0.15, -0.1) is 5.76 Å². The molecule has 0 radical (unpaired) electrons.